The molecule has 0 fully saturated rings. The number of carbonyl (C=O) groups is 1. The molecule has 9 nitrogen and oxygen atoms in total. The van der Waals surface area contributed by atoms with E-state index in [1.807, 2.05) is 0 Å². The Kier molecular flexibility index (Phi) is 5.61. The van der Waals surface area contributed by atoms with Crippen molar-refractivity contribution in [2.45, 2.75) is 6.92 Å². The standard InChI is InChI=1S/C11H16N4O5S/c1-2-14-21(19,20)6-5-13-11(16)8-3-4-10(15(17)18)9(12)7-8/h3-4,7,14H,2,5-6,12H2,1H3,(H,13,16). The van der Waals surface area contributed by atoms with Gasteiger partial charge in [-0.15, -0.1) is 0 Å². The number of carbonyl (C=O) groups excluding carboxylic acids is 1. The average Bonchev–Trinajstić information content (AvgIpc) is 2.37. The number of hydrogen-bond donors (Lipinski definition) is 3. The van der Waals surface area contributed by atoms with Crippen molar-refractivity contribution in [2.24, 2.45) is 0 Å². The van der Waals surface area contributed by atoms with Gasteiger partial charge in [0.25, 0.3) is 11.6 Å². The van der Waals surface area contributed by atoms with Gasteiger partial charge in [0.2, 0.25) is 10.0 Å². The lowest BCUT2D eigenvalue weighted by molar-refractivity contribution is -0.383. The van der Waals surface area contributed by atoms with Crippen LogP contribution >= 0.6 is 0 Å². The molecule has 0 saturated carbocycles. The molecule has 1 aromatic rings. The van der Waals surface area contributed by atoms with Gasteiger partial charge in [-0.05, 0) is 12.1 Å². The number of anilines is 1. The number of benzene rings is 1. The summed E-state index contributed by atoms with van der Waals surface area (Å²) in [5, 5.41) is 13.0. The first kappa shape index (κ1) is 16.9. The molecule has 21 heavy (non-hydrogen) atoms. The molecule has 0 aliphatic heterocycles. The van der Waals surface area contributed by atoms with Crippen LogP contribution in [0.4, 0.5) is 11.4 Å². The van der Waals surface area contributed by atoms with Crippen molar-refractivity contribution in [3.63, 3.8) is 0 Å². The van der Waals surface area contributed by atoms with Crippen LogP contribution in [0.5, 0.6) is 0 Å². The molecule has 0 aromatic heterocycles. The highest BCUT2D eigenvalue weighted by Gasteiger charge is 2.15. The third-order valence-corrected chi connectivity index (χ3v) is 3.98. The fourth-order valence-electron chi connectivity index (χ4n) is 1.56. The highest BCUT2D eigenvalue weighted by Crippen LogP contribution is 2.21. The van der Waals surface area contributed by atoms with Crippen molar-refractivity contribution in [3.8, 4) is 0 Å². The van der Waals surface area contributed by atoms with E-state index in [0.717, 1.165) is 6.07 Å². The molecule has 0 aliphatic rings. The van der Waals surface area contributed by atoms with E-state index in [4.69, 9.17) is 5.73 Å². The minimum absolute atomic E-state index is 0.0783. The van der Waals surface area contributed by atoms with Crippen molar-refractivity contribution in [1.82, 2.24) is 10.0 Å². The average molecular weight is 316 g/mol. The van der Waals surface area contributed by atoms with Crippen LogP contribution in [0, 0.1) is 10.1 Å². The van der Waals surface area contributed by atoms with E-state index in [1.165, 1.54) is 12.1 Å². The van der Waals surface area contributed by atoms with E-state index < -0.39 is 20.9 Å². The number of rotatable bonds is 7. The van der Waals surface area contributed by atoms with Gasteiger partial charge >= 0.3 is 0 Å². The van der Waals surface area contributed by atoms with Crippen LogP contribution in [0.25, 0.3) is 0 Å². The van der Waals surface area contributed by atoms with E-state index in [2.05, 4.69) is 10.0 Å². The molecule has 1 aromatic carbocycles. The molecule has 1 amide bonds. The maximum absolute atomic E-state index is 11.8. The fourth-order valence-corrected chi connectivity index (χ4v) is 2.51. The van der Waals surface area contributed by atoms with E-state index >= 15 is 0 Å². The van der Waals surface area contributed by atoms with E-state index in [9.17, 15) is 23.3 Å². The van der Waals surface area contributed by atoms with Crippen molar-refractivity contribution < 1.29 is 18.1 Å². The third kappa shape index (κ3) is 5.00. The zero-order valence-electron chi connectivity index (χ0n) is 11.3. The molecule has 0 aliphatic carbocycles. The number of nitrogen functional groups attached to an aromatic ring is 1. The lowest BCUT2D eigenvalue weighted by Gasteiger charge is -2.07. The van der Waals surface area contributed by atoms with Crippen LogP contribution in [0.15, 0.2) is 18.2 Å². The van der Waals surface area contributed by atoms with E-state index in [-0.39, 0.29) is 35.8 Å². The predicted molar refractivity (Wildman–Crippen MR) is 77.3 cm³/mol. The van der Waals surface area contributed by atoms with Crippen LogP contribution in [0.1, 0.15) is 17.3 Å². The van der Waals surface area contributed by atoms with Gasteiger partial charge in [-0.3, -0.25) is 14.9 Å². The van der Waals surface area contributed by atoms with E-state index in [0.29, 0.717) is 0 Å². The maximum Gasteiger partial charge on any atom is 0.292 e. The Hall–Kier alpha value is -2.20. The summed E-state index contributed by atoms with van der Waals surface area (Å²) in [7, 11) is -3.41. The van der Waals surface area contributed by atoms with Gasteiger partial charge < -0.3 is 11.1 Å². The molecule has 0 atom stereocenters. The maximum atomic E-state index is 11.8. The Bertz CT molecular complexity index is 644. The highest BCUT2D eigenvalue weighted by atomic mass is 32.2. The van der Waals surface area contributed by atoms with Gasteiger partial charge in [0.15, 0.2) is 0 Å². The topological polar surface area (TPSA) is 144 Å². The van der Waals surface area contributed by atoms with Gasteiger partial charge in [-0.1, -0.05) is 6.92 Å². The molecule has 0 bridgehead atoms. The monoisotopic (exact) mass is 316 g/mol. The molecular formula is C11H16N4O5S. The zero-order valence-corrected chi connectivity index (χ0v) is 12.1. The summed E-state index contributed by atoms with van der Waals surface area (Å²) in [6.07, 6.45) is 0. The van der Waals surface area contributed by atoms with Crippen LogP contribution in [-0.2, 0) is 10.0 Å². The first-order valence-electron chi connectivity index (χ1n) is 6.06. The summed E-state index contributed by atoms with van der Waals surface area (Å²) < 4.78 is 25.0. The second kappa shape index (κ2) is 6.99. The number of amides is 1. The number of nitro benzene ring substituents is 1. The number of hydrogen-bond acceptors (Lipinski definition) is 6. The normalized spacial score (nSPS) is 11.1. The quantitative estimate of drug-likeness (QED) is 0.362. The summed E-state index contributed by atoms with van der Waals surface area (Å²) in [6.45, 7) is 1.84. The first-order valence-corrected chi connectivity index (χ1v) is 7.71. The lowest BCUT2D eigenvalue weighted by atomic mass is 10.1. The Morgan fingerprint density at radius 3 is 2.62 bits per heavy atom. The molecule has 0 heterocycles. The summed E-state index contributed by atoms with van der Waals surface area (Å²) >= 11 is 0. The molecule has 0 radical (unpaired) electrons. The van der Waals surface area contributed by atoms with Gasteiger partial charge in [-0.2, -0.15) is 0 Å². The van der Waals surface area contributed by atoms with Crippen molar-refractivity contribution in [1.29, 1.82) is 0 Å². The number of nitrogens with zero attached hydrogens (tertiary/aromatic N) is 1. The molecule has 1 rings (SSSR count). The van der Waals surface area contributed by atoms with Crippen LogP contribution in [-0.4, -0.2) is 38.1 Å². The Labute approximate surface area is 121 Å². The van der Waals surface area contributed by atoms with Crippen molar-refractivity contribution in [2.75, 3.05) is 24.6 Å². The van der Waals surface area contributed by atoms with Crippen molar-refractivity contribution in [3.05, 3.63) is 33.9 Å². The molecule has 4 N–H and O–H groups in total. The number of nitrogens with one attached hydrogen (secondary N) is 2. The smallest absolute Gasteiger partial charge is 0.292 e. The predicted octanol–water partition coefficient (Wildman–Crippen LogP) is -0.154. The summed E-state index contributed by atoms with van der Waals surface area (Å²) in [4.78, 5) is 21.7. The van der Waals surface area contributed by atoms with Gasteiger partial charge in [-0.25, -0.2) is 13.1 Å². The second-order valence-corrected chi connectivity index (χ2v) is 6.03. The van der Waals surface area contributed by atoms with Crippen molar-refractivity contribution >= 4 is 27.3 Å². The van der Waals surface area contributed by atoms with Gasteiger partial charge in [0.05, 0.1) is 10.7 Å². The van der Waals surface area contributed by atoms with Crippen LogP contribution in [0.3, 0.4) is 0 Å². The summed E-state index contributed by atoms with van der Waals surface area (Å²) in [5.74, 6) is -0.807. The molecule has 0 saturated heterocycles. The zero-order chi connectivity index (χ0) is 16.0. The minimum Gasteiger partial charge on any atom is -0.393 e. The number of nitrogens with two attached hydrogens (primary N) is 1. The molecule has 0 unspecified atom stereocenters. The van der Waals surface area contributed by atoms with Crippen LogP contribution in [0.2, 0.25) is 0 Å². The molecule has 10 heteroatoms. The van der Waals surface area contributed by atoms with Crippen LogP contribution < -0.4 is 15.8 Å². The number of nitro groups is 1. The third-order valence-electron chi connectivity index (χ3n) is 2.51. The molecule has 116 valence electrons. The lowest BCUT2D eigenvalue weighted by Crippen LogP contribution is -2.34. The largest absolute Gasteiger partial charge is 0.393 e. The second-order valence-electron chi connectivity index (χ2n) is 4.10. The minimum atomic E-state index is -3.41. The Morgan fingerprint density at radius 2 is 2.10 bits per heavy atom. The van der Waals surface area contributed by atoms with Gasteiger partial charge in [0, 0.05) is 24.7 Å². The summed E-state index contributed by atoms with van der Waals surface area (Å²) in [6, 6.07) is 3.55. The summed E-state index contributed by atoms with van der Waals surface area (Å²) in [5.41, 5.74) is 5.17. The Balaban J connectivity index is 2.65. The SMILES string of the molecule is CCNS(=O)(=O)CCNC(=O)c1ccc([N+](=O)[O-])c(N)c1. The Morgan fingerprint density at radius 1 is 1.43 bits per heavy atom. The highest BCUT2D eigenvalue weighted by molar-refractivity contribution is 7.89. The van der Waals surface area contributed by atoms with Gasteiger partial charge in [0.1, 0.15) is 5.69 Å². The van der Waals surface area contributed by atoms with E-state index in [1.54, 1.807) is 6.92 Å². The molecular weight excluding hydrogens is 300 g/mol. The fraction of sp³-hybridized carbons (Fsp3) is 0.364. The molecule has 0 spiro atoms. The number of sulfonamides is 1. The first-order chi connectivity index (χ1) is 9.76.